The largest absolute Gasteiger partial charge is 0.516 e. The molecule has 1 aromatic carbocycles. The topological polar surface area (TPSA) is 90.0 Å². The van der Waals surface area contributed by atoms with Crippen molar-refractivity contribution < 1.29 is 40.7 Å². The minimum Gasteiger partial charge on any atom is -0.465 e. The molecule has 0 fully saturated rings. The van der Waals surface area contributed by atoms with Crippen LogP contribution >= 0.6 is 0 Å². The van der Waals surface area contributed by atoms with Crippen LogP contribution in [0.4, 0.5) is 18.9 Å². The van der Waals surface area contributed by atoms with E-state index in [1.807, 2.05) is 0 Å². The summed E-state index contributed by atoms with van der Waals surface area (Å²) in [7, 11) is -4.93. The zero-order valence-corrected chi connectivity index (χ0v) is 18.3. The number of alkyl halides is 3. The molecule has 0 amide bonds. The average Bonchev–Trinajstić information content (AvgIpc) is 2.76. The number of anilines is 1. The number of allylic oxidation sites excluding steroid dienone is 1. The van der Waals surface area contributed by atoms with Gasteiger partial charge in [0.2, 0.25) is 0 Å². The maximum Gasteiger partial charge on any atom is 0.516 e. The minimum absolute atomic E-state index is 0.0253. The van der Waals surface area contributed by atoms with Gasteiger partial charge in [-0.25, -0.2) is 13.9 Å². The first-order valence-corrected chi connectivity index (χ1v) is 11.4. The Morgan fingerprint density at radius 2 is 1.88 bits per heavy atom. The molecule has 0 bridgehead atoms. The minimum atomic E-state index is -6.03. The highest BCUT2D eigenvalue weighted by Gasteiger charge is 2.57. The van der Waals surface area contributed by atoms with Gasteiger partial charge >= 0.3 is 27.5 Å². The molecule has 11 heteroatoms. The van der Waals surface area contributed by atoms with Gasteiger partial charge in [-0.15, -0.1) is 0 Å². The van der Waals surface area contributed by atoms with Crippen molar-refractivity contribution in [1.82, 2.24) is 0 Å². The molecule has 2 aliphatic rings. The predicted octanol–water partition coefficient (Wildman–Crippen LogP) is 3.71. The molecule has 1 heterocycles. The number of esters is 2. The van der Waals surface area contributed by atoms with Crippen molar-refractivity contribution in [2.45, 2.75) is 44.2 Å². The molecule has 32 heavy (non-hydrogen) atoms. The Labute approximate surface area is 183 Å². The van der Waals surface area contributed by atoms with Gasteiger partial charge in [-0.05, 0) is 44.2 Å². The first kappa shape index (κ1) is 23.8. The van der Waals surface area contributed by atoms with Crippen molar-refractivity contribution in [3.05, 3.63) is 47.1 Å². The van der Waals surface area contributed by atoms with Gasteiger partial charge in [0, 0.05) is 11.1 Å². The zero-order valence-electron chi connectivity index (χ0n) is 17.4. The number of hydrogen-bond donors (Lipinski definition) is 0. The average molecular weight is 473 g/mol. The molecule has 0 saturated heterocycles. The van der Waals surface area contributed by atoms with Gasteiger partial charge in [-0.2, -0.15) is 21.6 Å². The highest BCUT2D eigenvalue weighted by atomic mass is 32.2. The molecular formula is C21H22F3NO6S. The van der Waals surface area contributed by atoms with E-state index < -0.39 is 39.2 Å². The van der Waals surface area contributed by atoms with Crippen LogP contribution in [0.1, 0.15) is 38.2 Å². The van der Waals surface area contributed by atoms with Crippen LogP contribution in [-0.2, 0) is 29.1 Å². The highest BCUT2D eigenvalue weighted by Crippen LogP contribution is 2.47. The van der Waals surface area contributed by atoms with E-state index in [1.165, 1.54) is 25.1 Å². The Balaban J connectivity index is 2.46. The standard InChI is InChI=1S/C21H22F3NO6S/c1-3-31-20(27)18-16(13-9-5-4-6-10-13)17(19(26)30-2)14-11-7-8-12-15(14)25(18)32(28,29)21(22,23)24/h7-9,11-12,18H,3-6,10H2,1-2H3/t18-/m0/s1. The number of para-hydroxylation sites is 1. The molecule has 0 radical (unpaired) electrons. The number of fused-ring (bicyclic) bond motifs is 1. The normalized spacial score (nSPS) is 19.2. The van der Waals surface area contributed by atoms with Crippen molar-refractivity contribution in [3.8, 4) is 0 Å². The molecule has 1 atom stereocenters. The van der Waals surface area contributed by atoms with Crippen LogP contribution < -0.4 is 4.31 Å². The number of halogens is 3. The monoisotopic (exact) mass is 473 g/mol. The third-order valence-electron chi connectivity index (χ3n) is 5.28. The van der Waals surface area contributed by atoms with Crippen molar-refractivity contribution >= 4 is 33.2 Å². The summed E-state index contributed by atoms with van der Waals surface area (Å²) in [5.74, 6) is -2.10. The van der Waals surface area contributed by atoms with Crippen molar-refractivity contribution in [1.29, 1.82) is 0 Å². The van der Waals surface area contributed by atoms with Crippen molar-refractivity contribution in [2.24, 2.45) is 0 Å². The third kappa shape index (κ3) is 4.01. The second kappa shape index (κ2) is 8.97. The first-order valence-electron chi connectivity index (χ1n) is 9.94. The molecule has 0 aromatic heterocycles. The summed E-state index contributed by atoms with van der Waals surface area (Å²) >= 11 is 0. The molecule has 1 aromatic rings. The summed E-state index contributed by atoms with van der Waals surface area (Å²) in [6.45, 7) is 1.25. The SMILES string of the molecule is CCOC(=O)[C@@H]1C(C2=CCCCC2)=C(C(=O)OC)c2ccccc2N1S(=O)(=O)C(F)(F)F. The second-order valence-corrected chi connectivity index (χ2v) is 8.98. The van der Waals surface area contributed by atoms with E-state index in [4.69, 9.17) is 9.47 Å². The van der Waals surface area contributed by atoms with Gasteiger partial charge in [-0.3, -0.25) is 0 Å². The van der Waals surface area contributed by atoms with E-state index in [0.717, 1.165) is 19.6 Å². The van der Waals surface area contributed by atoms with Crippen LogP contribution in [0.2, 0.25) is 0 Å². The van der Waals surface area contributed by atoms with Crippen LogP contribution in [0.25, 0.3) is 5.57 Å². The summed E-state index contributed by atoms with van der Waals surface area (Å²) in [5.41, 5.74) is -6.09. The van der Waals surface area contributed by atoms with E-state index in [-0.39, 0.29) is 27.6 Å². The number of carbonyl (C=O) groups is 2. The van der Waals surface area contributed by atoms with Crippen molar-refractivity contribution in [3.63, 3.8) is 0 Å². The lowest BCUT2D eigenvalue weighted by Crippen LogP contribution is -2.54. The molecule has 1 aliphatic carbocycles. The zero-order chi connectivity index (χ0) is 23.7. The number of ether oxygens (including phenoxy) is 2. The smallest absolute Gasteiger partial charge is 0.465 e. The van der Waals surface area contributed by atoms with Gasteiger partial charge in [0.05, 0.1) is 25.0 Å². The number of nitrogens with zero attached hydrogens (tertiary/aromatic N) is 1. The Morgan fingerprint density at radius 3 is 2.44 bits per heavy atom. The number of rotatable bonds is 5. The van der Waals surface area contributed by atoms with Gasteiger partial charge in [0.1, 0.15) is 0 Å². The molecular weight excluding hydrogens is 451 g/mol. The lowest BCUT2D eigenvalue weighted by Gasteiger charge is -2.39. The van der Waals surface area contributed by atoms with Crippen LogP contribution in [0.15, 0.2) is 41.5 Å². The van der Waals surface area contributed by atoms with E-state index in [9.17, 15) is 31.2 Å². The summed E-state index contributed by atoms with van der Waals surface area (Å²) in [6.07, 6.45) is 4.10. The van der Waals surface area contributed by atoms with Crippen LogP contribution in [0.5, 0.6) is 0 Å². The molecule has 7 nitrogen and oxygen atoms in total. The molecule has 174 valence electrons. The molecule has 0 unspecified atom stereocenters. The molecule has 0 N–H and O–H groups in total. The lowest BCUT2D eigenvalue weighted by molar-refractivity contribution is -0.143. The number of carbonyl (C=O) groups excluding carboxylic acids is 2. The van der Waals surface area contributed by atoms with Gasteiger partial charge in [0.15, 0.2) is 6.04 Å². The summed E-state index contributed by atoms with van der Waals surface area (Å²) in [6, 6.07) is 3.18. The fourth-order valence-corrected chi connectivity index (χ4v) is 5.08. The van der Waals surface area contributed by atoms with Crippen LogP contribution in [0, 0.1) is 0 Å². The van der Waals surface area contributed by atoms with Crippen LogP contribution in [-0.4, -0.2) is 45.6 Å². The third-order valence-corrected chi connectivity index (χ3v) is 6.79. The maximum atomic E-state index is 13.7. The van der Waals surface area contributed by atoms with Gasteiger partial charge < -0.3 is 9.47 Å². The Kier molecular flexibility index (Phi) is 6.68. The molecule has 0 saturated carbocycles. The Morgan fingerprint density at radius 1 is 1.19 bits per heavy atom. The van der Waals surface area contributed by atoms with Gasteiger partial charge in [-0.1, -0.05) is 24.3 Å². The lowest BCUT2D eigenvalue weighted by atomic mass is 9.81. The summed E-state index contributed by atoms with van der Waals surface area (Å²) in [5, 5.41) is 0. The fourth-order valence-electron chi connectivity index (χ4n) is 3.97. The number of benzene rings is 1. The highest BCUT2D eigenvalue weighted by molar-refractivity contribution is 7.93. The second-order valence-electron chi connectivity index (χ2n) is 7.17. The summed E-state index contributed by atoms with van der Waals surface area (Å²) in [4.78, 5) is 25.8. The fraction of sp³-hybridized carbons (Fsp3) is 0.429. The number of sulfonamides is 1. The summed E-state index contributed by atoms with van der Waals surface area (Å²) < 4.78 is 76.5. The Hall–Kier alpha value is -2.82. The van der Waals surface area contributed by atoms with Crippen LogP contribution in [0.3, 0.4) is 0 Å². The Bertz CT molecular complexity index is 1090. The molecule has 3 rings (SSSR count). The van der Waals surface area contributed by atoms with E-state index >= 15 is 0 Å². The van der Waals surface area contributed by atoms with Gasteiger partial charge in [0.25, 0.3) is 0 Å². The van der Waals surface area contributed by atoms with E-state index in [2.05, 4.69) is 0 Å². The number of methoxy groups -OCH3 is 1. The first-order chi connectivity index (χ1) is 15.1. The van der Waals surface area contributed by atoms with Crippen molar-refractivity contribution in [2.75, 3.05) is 18.0 Å². The predicted molar refractivity (Wildman–Crippen MR) is 110 cm³/mol. The molecule has 1 aliphatic heterocycles. The maximum absolute atomic E-state index is 13.7. The quantitative estimate of drug-likeness (QED) is 0.606. The molecule has 0 spiro atoms. The van der Waals surface area contributed by atoms with E-state index in [1.54, 1.807) is 6.08 Å². The number of hydrogen-bond acceptors (Lipinski definition) is 6. The van der Waals surface area contributed by atoms with E-state index in [0.29, 0.717) is 24.8 Å².